The van der Waals surface area contributed by atoms with Gasteiger partial charge in [0, 0.05) is 7.05 Å². The minimum atomic E-state index is 0.454. The van der Waals surface area contributed by atoms with E-state index in [-0.39, 0.29) is 0 Å². The van der Waals surface area contributed by atoms with Crippen LogP contribution in [0.2, 0.25) is 0 Å². The first-order valence-corrected chi connectivity index (χ1v) is 5.82. The molecule has 0 saturated heterocycles. The molecule has 2 aromatic heterocycles. The van der Waals surface area contributed by atoms with Crippen LogP contribution in [0.5, 0.6) is 11.6 Å². The third-order valence-corrected chi connectivity index (χ3v) is 2.98. The van der Waals surface area contributed by atoms with Gasteiger partial charge in [0.25, 0.3) is 0 Å². The Morgan fingerprint density at radius 3 is 2.95 bits per heavy atom. The van der Waals surface area contributed by atoms with Crippen LogP contribution in [0.4, 0.5) is 5.69 Å². The molecule has 96 valence electrons. The Kier molecular flexibility index (Phi) is 2.56. The van der Waals surface area contributed by atoms with Gasteiger partial charge < -0.3 is 10.5 Å². The molecule has 6 nitrogen and oxygen atoms in total. The van der Waals surface area contributed by atoms with E-state index >= 15 is 0 Å². The van der Waals surface area contributed by atoms with E-state index in [1.165, 1.54) is 6.33 Å². The summed E-state index contributed by atoms with van der Waals surface area (Å²) in [6.45, 7) is 1.93. The van der Waals surface area contributed by atoms with Crippen molar-refractivity contribution in [3.05, 3.63) is 36.3 Å². The number of nitrogens with zero attached hydrogens (tertiary/aromatic N) is 4. The molecule has 6 heteroatoms. The van der Waals surface area contributed by atoms with Crippen molar-refractivity contribution in [2.24, 2.45) is 7.05 Å². The van der Waals surface area contributed by atoms with Crippen LogP contribution in [0.15, 0.2) is 30.7 Å². The number of rotatable bonds is 2. The standard InChI is InChI=1S/C13H13N5O/c1-8-4-3-5-10(11(8)14)19-13-9-6-17-18(2)12(9)15-7-16-13/h3-7H,14H2,1-2H3. The lowest BCUT2D eigenvalue weighted by Gasteiger charge is -2.09. The zero-order chi connectivity index (χ0) is 13.4. The summed E-state index contributed by atoms with van der Waals surface area (Å²) in [4.78, 5) is 8.31. The maximum absolute atomic E-state index is 5.99. The molecule has 0 amide bonds. The number of benzene rings is 1. The van der Waals surface area contributed by atoms with E-state index in [0.717, 1.165) is 16.6 Å². The number of nitrogens with two attached hydrogens (primary N) is 1. The van der Waals surface area contributed by atoms with E-state index < -0.39 is 0 Å². The third-order valence-electron chi connectivity index (χ3n) is 2.98. The predicted molar refractivity (Wildman–Crippen MR) is 72.0 cm³/mol. The monoisotopic (exact) mass is 255 g/mol. The molecular formula is C13H13N5O. The number of hydrogen-bond donors (Lipinski definition) is 1. The number of fused-ring (bicyclic) bond motifs is 1. The highest BCUT2D eigenvalue weighted by atomic mass is 16.5. The Balaban J connectivity index is 2.08. The highest BCUT2D eigenvalue weighted by Crippen LogP contribution is 2.31. The molecule has 0 aliphatic heterocycles. The average molecular weight is 255 g/mol. The SMILES string of the molecule is Cc1cccc(Oc2ncnc3c2cnn3C)c1N. The van der Waals surface area contributed by atoms with Crippen LogP contribution in [-0.4, -0.2) is 19.7 Å². The van der Waals surface area contributed by atoms with Crippen molar-refractivity contribution in [3.8, 4) is 11.6 Å². The molecule has 3 rings (SSSR count). The summed E-state index contributed by atoms with van der Waals surface area (Å²) >= 11 is 0. The lowest BCUT2D eigenvalue weighted by Crippen LogP contribution is -1.97. The van der Waals surface area contributed by atoms with Crippen molar-refractivity contribution in [2.75, 3.05) is 5.73 Å². The summed E-state index contributed by atoms with van der Waals surface area (Å²) in [5.41, 5.74) is 8.29. The van der Waals surface area contributed by atoms with Gasteiger partial charge in [0.05, 0.1) is 11.9 Å². The van der Waals surface area contributed by atoms with Crippen molar-refractivity contribution in [2.45, 2.75) is 6.92 Å². The van der Waals surface area contributed by atoms with Gasteiger partial charge in [-0.15, -0.1) is 0 Å². The van der Waals surface area contributed by atoms with Crippen molar-refractivity contribution in [1.29, 1.82) is 0 Å². The van der Waals surface area contributed by atoms with Crippen LogP contribution in [0.3, 0.4) is 0 Å². The predicted octanol–water partition coefficient (Wildman–Crippen LogP) is 2.05. The summed E-state index contributed by atoms with van der Waals surface area (Å²) in [5.74, 6) is 1.04. The van der Waals surface area contributed by atoms with E-state index in [2.05, 4.69) is 15.1 Å². The second-order valence-corrected chi connectivity index (χ2v) is 4.27. The maximum atomic E-state index is 5.99. The minimum Gasteiger partial charge on any atom is -0.436 e. The number of aryl methyl sites for hydroxylation is 2. The van der Waals surface area contributed by atoms with Gasteiger partial charge >= 0.3 is 0 Å². The molecule has 2 heterocycles. The first kappa shape index (κ1) is 11.5. The Labute approximate surface area is 109 Å². The van der Waals surface area contributed by atoms with E-state index in [9.17, 15) is 0 Å². The Morgan fingerprint density at radius 2 is 2.11 bits per heavy atom. The normalized spacial score (nSPS) is 10.8. The smallest absolute Gasteiger partial charge is 0.233 e. The van der Waals surface area contributed by atoms with Gasteiger partial charge in [0.15, 0.2) is 11.4 Å². The summed E-state index contributed by atoms with van der Waals surface area (Å²) in [6, 6.07) is 5.64. The second-order valence-electron chi connectivity index (χ2n) is 4.27. The number of ether oxygens (including phenoxy) is 1. The molecule has 0 bridgehead atoms. The van der Waals surface area contributed by atoms with E-state index in [4.69, 9.17) is 10.5 Å². The Hall–Kier alpha value is -2.63. The third kappa shape index (κ3) is 1.87. The molecule has 2 N–H and O–H groups in total. The van der Waals surface area contributed by atoms with Crippen LogP contribution in [0.1, 0.15) is 5.56 Å². The molecule has 19 heavy (non-hydrogen) atoms. The first-order valence-electron chi connectivity index (χ1n) is 5.82. The molecule has 3 aromatic rings. The number of hydrogen-bond acceptors (Lipinski definition) is 5. The number of anilines is 1. The van der Waals surface area contributed by atoms with Gasteiger partial charge in [-0.3, -0.25) is 4.68 Å². The van der Waals surface area contributed by atoms with Gasteiger partial charge in [0.2, 0.25) is 5.88 Å². The van der Waals surface area contributed by atoms with Crippen LogP contribution in [0, 0.1) is 6.92 Å². The number of para-hydroxylation sites is 1. The van der Waals surface area contributed by atoms with E-state index in [0.29, 0.717) is 17.3 Å². The van der Waals surface area contributed by atoms with Crippen LogP contribution < -0.4 is 10.5 Å². The minimum absolute atomic E-state index is 0.454. The second kappa shape index (κ2) is 4.24. The Morgan fingerprint density at radius 1 is 1.26 bits per heavy atom. The fraction of sp³-hybridized carbons (Fsp3) is 0.154. The fourth-order valence-electron chi connectivity index (χ4n) is 1.87. The topological polar surface area (TPSA) is 78.9 Å². The van der Waals surface area contributed by atoms with Crippen LogP contribution in [-0.2, 0) is 7.05 Å². The molecule has 0 atom stereocenters. The van der Waals surface area contributed by atoms with Gasteiger partial charge in [-0.25, -0.2) is 9.97 Å². The Bertz CT molecular complexity index is 750. The quantitative estimate of drug-likeness (QED) is 0.709. The number of nitrogen functional groups attached to an aromatic ring is 1. The molecule has 0 spiro atoms. The van der Waals surface area contributed by atoms with Crippen molar-refractivity contribution >= 4 is 16.7 Å². The van der Waals surface area contributed by atoms with Crippen molar-refractivity contribution < 1.29 is 4.74 Å². The van der Waals surface area contributed by atoms with Gasteiger partial charge in [-0.05, 0) is 18.6 Å². The average Bonchev–Trinajstić information content (AvgIpc) is 2.78. The highest BCUT2D eigenvalue weighted by molar-refractivity contribution is 5.80. The molecule has 0 saturated carbocycles. The van der Waals surface area contributed by atoms with Gasteiger partial charge in [-0.1, -0.05) is 12.1 Å². The summed E-state index contributed by atoms with van der Waals surface area (Å²) in [6.07, 6.45) is 3.13. The van der Waals surface area contributed by atoms with E-state index in [1.54, 1.807) is 10.9 Å². The lowest BCUT2D eigenvalue weighted by molar-refractivity contribution is 0.470. The summed E-state index contributed by atoms with van der Waals surface area (Å²) in [5, 5.41) is 4.90. The number of aromatic nitrogens is 4. The van der Waals surface area contributed by atoms with Gasteiger partial charge in [-0.2, -0.15) is 5.10 Å². The van der Waals surface area contributed by atoms with Crippen molar-refractivity contribution in [3.63, 3.8) is 0 Å². The molecule has 1 aromatic carbocycles. The highest BCUT2D eigenvalue weighted by Gasteiger charge is 2.11. The zero-order valence-corrected chi connectivity index (χ0v) is 10.7. The van der Waals surface area contributed by atoms with Crippen LogP contribution >= 0.6 is 0 Å². The molecule has 0 aliphatic carbocycles. The maximum Gasteiger partial charge on any atom is 0.233 e. The molecule has 0 radical (unpaired) electrons. The fourth-order valence-corrected chi connectivity index (χ4v) is 1.87. The lowest BCUT2D eigenvalue weighted by atomic mass is 10.2. The van der Waals surface area contributed by atoms with Crippen LogP contribution in [0.25, 0.3) is 11.0 Å². The largest absolute Gasteiger partial charge is 0.436 e. The first-order chi connectivity index (χ1) is 9.16. The zero-order valence-electron chi connectivity index (χ0n) is 10.7. The van der Waals surface area contributed by atoms with Gasteiger partial charge in [0.1, 0.15) is 11.7 Å². The molecule has 0 aliphatic rings. The van der Waals surface area contributed by atoms with Crippen molar-refractivity contribution in [1.82, 2.24) is 19.7 Å². The van der Waals surface area contributed by atoms with E-state index in [1.807, 2.05) is 32.2 Å². The molecule has 0 unspecified atom stereocenters. The molecular weight excluding hydrogens is 242 g/mol. The summed E-state index contributed by atoms with van der Waals surface area (Å²) < 4.78 is 7.46. The summed E-state index contributed by atoms with van der Waals surface area (Å²) in [7, 11) is 1.82. The molecule has 0 fully saturated rings.